The number of thiazole rings is 1. The first-order valence-corrected chi connectivity index (χ1v) is 14.4. The van der Waals surface area contributed by atoms with E-state index < -0.39 is 12.0 Å². The first kappa shape index (κ1) is 26.3. The molecule has 1 aromatic heterocycles. The van der Waals surface area contributed by atoms with Crippen molar-refractivity contribution in [1.82, 2.24) is 4.57 Å². The van der Waals surface area contributed by atoms with E-state index in [9.17, 15) is 9.59 Å². The predicted octanol–water partition coefficient (Wildman–Crippen LogP) is 3.14. The molecule has 1 atom stereocenters. The van der Waals surface area contributed by atoms with Crippen LogP contribution in [0.5, 0.6) is 11.5 Å². The molecular weight excluding hydrogens is 530 g/mol. The third-order valence-electron chi connectivity index (χ3n) is 7.17. The normalized spacial score (nSPS) is 18.5. The molecule has 0 spiro atoms. The summed E-state index contributed by atoms with van der Waals surface area (Å²) in [6, 6.07) is 13.0. The van der Waals surface area contributed by atoms with Crippen molar-refractivity contribution in [2.75, 3.05) is 44.6 Å². The fourth-order valence-corrected chi connectivity index (χ4v) is 6.29. The Morgan fingerprint density at radius 1 is 1.10 bits per heavy atom. The van der Waals surface area contributed by atoms with Gasteiger partial charge in [-0.05, 0) is 54.8 Å². The smallest absolute Gasteiger partial charge is 0.338 e. The van der Waals surface area contributed by atoms with Crippen LogP contribution in [0.2, 0.25) is 0 Å². The molecule has 3 aliphatic rings. The van der Waals surface area contributed by atoms with E-state index in [2.05, 4.69) is 17.0 Å². The molecule has 0 saturated carbocycles. The van der Waals surface area contributed by atoms with Crippen LogP contribution in [0.1, 0.15) is 43.9 Å². The quantitative estimate of drug-likeness (QED) is 0.410. The lowest BCUT2D eigenvalue weighted by atomic mass is 9.94. The first-order chi connectivity index (χ1) is 19.6. The van der Waals surface area contributed by atoms with Crippen molar-refractivity contribution in [2.45, 2.75) is 32.7 Å². The van der Waals surface area contributed by atoms with Crippen LogP contribution in [0.25, 0.3) is 6.08 Å². The third kappa shape index (κ3) is 4.93. The Balaban J connectivity index is 1.46. The zero-order valence-electron chi connectivity index (χ0n) is 22.6. The topological polar surface area (TPSA) is 91.6 Å². The van der Waals surface area contributed by atoms with E-state index in [1.807, 2.05) is 43.3 Å². The van der Waals surface area contributed by atoms with Gasteiger partial charge in [-0.15, -0.1) is 0 Å². The molecule has 1 fully saturated rings. The highest BCUT2D eigenvalue weighted by atomic mass is 32.1. The first-order valence-electron chi connectivity index (χ1n) is 13.6. The van der Waals surface area contributed by atoms with Crippen molar-refractivity contribution >= 4 is 29.1 Å². The van der Waals surface area contributed by atoms with Crippen molar-refractivity contribution in [3.8, 4) is 11.5 Å². The van der Waals surface area contributed by atoms with Crippen LogP contribution in [0.15, 0.2) is 63.5 Å². The number of carbonyl (C=O) groups excluding carboxylic acids is 1. The summed E-state index contributed by atoms with van der Waals surface area (Å²) in [5.74, 6) is 0.745. The lowest BCUT2D eigenvalue weighted by molar-refractivity contribution is -0.139. The van der Waals surface area contributed by atoms with Crippen molar-refractivity contribution in [3.63, 3.8) is 0 Å². The van der Waals surface area contributed by atoms with Crippen LogP contribution in [-0.4, -0.2) is 50.2 Å². The molecule has 0 unspecified atom stereocenters. The second kappa shape index (κ2) is 11.3. The summed E-state index contributed by atoms with van der Waals surface area (Å²) in [4.78, 5) is 35.0. The molecule has 0 N–H and O–H groups in total. The number of esters is 1. The number of fused-ring (bicyclic) bond motifs is 2. The van der Waals surface area contributed by atoms with Crippen molar-refractivity contribution in [3.05, 3.63) is 84.5 Å². The number of nitrogens with zero attached hydrogens (tertiary/aromatic N) is 3. The minimum absolute atomic E-state index is 0.132. The Morgan fingerprint density at radius 2 is 1.88 bits per heavy atom. The molecule has 3 aliphatic heterocycles. The van der Waals surface area contributed by atoms with Crippen LogP contribution >= 0.6 is 11.3 Å². The van der Waals surface area contributed by atoms with Gasteiger partial charge in [-0.3, -0.25) is 9.36 Å². The Hall–Kier alpha value is -3.89. The van der Waals surface area contributed by atoms with Gasteiger partial charge in [0.05, 0.1) is 41.7 Å². The number of ether oxygens (including phenoxy) is 4. The summed E-state index contributed by atoms with van der Waals surface area (Å²) in [6.45, 7) is 7.34. The number of anilines is 1. The SMILES string of the molecule is CCCC1=C(C(=O)OCC)[C@@H](c2ccc3c(c2)OCO3)n2c(s/c(=C/c3ccc(N4CCOCC4)cc3)c2=O)=N1. The third-order valence-corrected chi connectivity index (χ3v) is 8.15. The molecule has 6 rings (SSSR count). The van der Waals surface area contributed by atoms with Gasteiger partial charge >= 0.3 is 5.97 Å². The number of morpholine rings is 1. The van der Waals surface area contributed by atoms with Gasteiger partial charge in [-0.2, -0.15) is 0 Å². The Labute approximate surface area is 235 Å². The van der Waals surface area contributed by atoms with Gasteiger partial charge in [-0.25, -0.2) is 9.79 Å². The average molecular weight is 562 g/mol. The van der Waals surface area contributed by atoms with E-state index in [1.165, 1.54) is 11.3 Å². The maximum Gasteiger partial charge on any atom is 0.338 e. The molecule has 0 radical (unpaired) electrons. The van der Waals surface area contributed by atoms with Crippen molar-refractivity contribution < 1.29 is 23.7 Å². The fourth-order valence-electron chi connectivity index (χ4n) is 5.27. The van der Waals surface area contributed by atoms with Crippen molar-refractivity contribution in [1.29, 1.82) is 0 Å². The molecule has 10 heteroatoms. The molecule has 1 saturated heterocycles. The molecule has 208 valence electrons. The van der Waals surface area contributed by atoms with Crippen molar-refractivity contribution in [2.24, 2.45) is 4.99 Å². The fraction of sp³-hybridized carbons (Fsp3) is 0.367. The number of hydrogen-bond donors (Lipinski definition) is 0. The van der Waals surface area contributed by atoms with Gasteiger partial charge in [0.25, 0.3) is 5.56 Å². The molecular formula is C30H31N3O6S. The number of benzene rings is 2. The molecule has 0 amide bonds. The van der Waals surface area contributed by atoms with Crippen LogP contribution in [0.4, 0.5) is 5.69 Å². The average Bonchev–Trinajstić information content (AvgIpc) is 3.57. The standard InChI is InChI=1S/C30H31N3O6S/c1-3-5-22-26(29(35)37-4-2)27(20-8-11-23-24(17-20)39-18-38-23)33-28(34)25(40-30(33)31-22)16-19-6-9-21(10-7-19)32-12-14-36-15-13-32/h6-11,16-17,27H,3-5,12-15,18H2,1-2H3/b25-16+/t27-/m1/s1. The predicted molar refractivity (Wildman–Crippen MR) is 152 cm³/mol. The summed E-state index contributed by atoms with van der Waals surface area (Å²) >= 11 is 1.33. The monoisotopic (exact) mass is 561 g/mol. The Kier molecular flexibility index (Phi) is 7.44. The van der Waals surface area contributed by atoms with E-state index in [1.54, 1.807) is 11.5 Å². The highest BCUT2D eigenvalue weighted by Crippen LogP contribution is 2.38. The Bertz CT molecular complexity index is 1630. The maximum absolute atomic E-state index is 14.0. The summed E-state index contributed by atoms with van der Waals surface area (Å²) in [5.41, 5.74) is 3.61. The second-order valence-electron chi connectivity index (χ2n) is 9.72. The lowest BCUT2D eigenvalue weighted by Crippen LogP contribution is -2.40. The summed E-state index contributed by atoms with van der Waals surface area (Å²) < 4.78 is 24.2. The number of allylic oxidation sites excluding steroid dienone is 1. The van der Waals surface area contributed by atoms with Gasteiger partial charge < -0.3 is 23.8 Å². The van der Waals surface area contributed by atoms with Crippen LogP contribution in [0, 0.1) is 0 Å². The molecule has 3 aromatic rings. The van der Waals surface area contributed by atoms with Crippen LogP contribution in [0.3, 0.4) is 0 Å². The van der Waals surface area contributed by atoms with E-state index in [0.717, 1.165) is 49.5 Å². The maximum atomic E-state index is 14.0. The van der Waals surface area contributed by atoms with Gasteiger partial charge in [0.1, 0.15) is 0 Å². The molecule has 2 aromatic carbocycles. The summed E-state index contributed by atoms with van der Waals surface area (Å²) in [5, 5.41) is 0. The lowest BCUT2D eigenvalue weighted by Gasteiger charge is -2.28. The molecule has 9 nitrogen and oxygen atoms in total. The minimum atomic E-state index is -0.697. The molecule has 0 aliphatic carbocycles. The number of aromatic nitrogens is 1. The molecule has 0 bridgehead atoms. The van der Waals surface area contributed by atoms with E-state index >= 15 is 0 Å². The van der Waals surface area contributed by atoms with E-state index in [0.29, 0.717) is 38.5 Å². The van der Waals surface area contributed by atoms with Crippen LogP contribution < -0.4 is 29.3 Å². The van der Waals surface area contributed by atoms with Gasteiger partial charge in [0.2, 0.25) is 6.79 Å². The van der Waals surface area contributed by atoms with Crippen LogP contribution in [-0.2, 0) is 14.3 Å². The number of hydrogen-bond acceptors (Lipinski definition) is 9. The number of carbonyl (C=O) groups is 1. The highest BCUT2D eigenvalue weighted by molar-refractivity contribution is 7.07. The Morgan fingerprint density at radius 3 is 2.62 bits per heavy atom. The summed E-state index contributed by atoms with van der Waals surface area (Å²) in [6.07, 6.45) is 3.26. The number of rotatable bonds is 7. The molecule has 40 heavy (non-hydrogen) atoms. The van der Waals surface area contributed by atoms with E-state index in [-0.39, 0.29) is 19.0 Å². The summed E-state index contributed by atoms with van der Waals surface area (Å²) in [7, 11) is 0. The highest BCUT2D eigenvalue weighted by Gasteiger charge is 2.35. The minimum Gasteiger partial charge on any atom is -0.463 e. The largest absolute Gasteiger partial charge is 0.463 e. The van der Waals surface area contributed by atoms with Gasteiger partial charge in [0, 0.05) is 18.8 Å². The van der Waals surface area contributed by atoms with Gasteiger partial charge in [0.15, 0.2) is 16.3 Å². The zero-order chi connectivity index (χ0) is 27.6. The molecule has 4 heterocycles. The second-order valence-corrected chi connectivity index (χ2v) is 10.7. The van der Waals surface area contributed by atoms with Gasteiger partial charge in [-0.1, -0.05) is 42.9 Å². The zero-order valence-corrected chi connectivity index (χ0v) is 23.4. The van der Waals surface area contributed by atoms with E-state index in [4.69, 9.17) is 23.9 Å².